The fraction of sp³-hybridized carbons (Fsp3) is 0.194. The molecule has 2 heterocycles. The van der Waals surface area contributed by atoms with Crippen molar-refractivity contribution in [3.8, 4) is 11.5 Å². The van der Waals surface area contributed by atoms with Crippen molar-refractivity contribution in [3.05, 3.63) is 102 Å². The monoisotopic (exact) mass is 540 g/mol. The number of fused-ring (bicyclic) bond motifs is 1. The Balaban J connectivity index is 1.64. The molecule has 0 spiro atoms. The van der Waals surface area contributed by atoms with E-state index in [1.165, 1.54) is 16.2 Å². The van der Waals surface area contributed by atoms with E-state index in [0.29, 0.717) is 41.0 Å². The summed E-state index contributed by atoms with van der Waals surface area (Å²) in [6.07, 6.45) is 2.52. The van der Waals surface area contributed by atoms with Crippen LogP contribution in [0.25, 0.3) is 16.0 Å². The molecule has 1 unspecified atom stereocenters. The molecular weight excluding hydrogens is 512 g/mol. The van der Waals surface area contributed by atoms with Crippen molar-refractivity contribution in [2.75, 3.05) is 18.1 Å². The number of aryl methyl sites for hydroxylation is 1. The van der Waals surface area contributed by atoms with Gasteiger partial charge in [-0.1, -0.05) is 49.1 Å². The molecule has 1 N–H and O–H groups in total. The number of aromatic nitrogens is 1. The number of anilines is 1. The van der Waals surface area contributed by atoms with Crippen LogP contribution in [0.15, 0.2) is 85.0 Å². The van der Waals surface area contributed by atoms with Gasteiger partial charge in [-0.2, -0.15) is 0 Å². The van der Waals surface area contributed by atoms with Gasteiger partial charge in [0.25, 0.3) is 5.78 Å². The summed E-state index contributed by atoms with van der Waals surface area (Å²) >= 11 is 1.34. The molecule has 1 aromatic heterocycles. The zero-order valence-corrected chi connectivity index (χ0v) is 22.5. The van der Waals surface area contributed by atoms with E-state index in [1.807, 2.05) is 25.1 Å². The van der Waals surface area contributed by atoms with Gasteiger partial charge in [-0.25, -0.2) is 4.98 Å². The van der Waals surface area contributed by atoms with E-state index in [-0.39, 0.29) is 11.3 Å². The van der Waals surface area contributed by atoms with Crippen LogP contribution < -0.4 is 14.4 Å². The Bertz CT molecular complexity index is 1570. The molecule has 1 saturated heterocycles. The SMILES string of the molecule is C=CCOc1ccc(C2C(=C(O)c3ccc(OCC)cc3)C(=O)C(=O)N2c2nc3ccc(CC)cc3s2)cc1. The number of aliphatic hydroxyl groups excluding tert-OH is 1. The third-order valence-electron chi connectivity index (χ3n) is 6.50. The lowest BCUT2D eigenvalue weighted by Crippen LogP contribution is -2.29. The highest BCUT2D eigenvalue weighted by molar-refractivity contribution is 7.22. The molecular formula is C31H28N2O5S. The van der Waals surface area contributed by atoms with E-state index < -0.39 is 17.7 Å². The quantitative estimate of drug-likeness (QED) is 0.114. The van der Waals surface area contributed by atoms with Crippen molar-refractivity contribution in [1.82, 2.24) is 4.98 Å². The van der Waals surface area contributed by atoms with Crippen molar-refractivity contribution in [3.63, 3.8) is 0 Å². The molecule has 1 fully saturated rings. The number of nitrogens with zero attached hydrogens (tertiary/aromatic N) is 2. The molecule has 0 bridgehead atoms. The molecule has 0 aliphatic carbocycles. The first kappa shape index (κ1) is 26.2. The minimum atomic E-state index is -0.878. The molecule has 5 rings (SSSR count). The summed E-state index contributed by atoms with van der Waals surface area (Å²) in [5.41, 5.74) is 2.94. The maximum atomic E-state index is 13.5. The number of carbonyl (C=O) groups is 2. The molecule has 8 heteroatoms. The van der Waals surface area contributed by atoms with E-state index >= 15 is 0 Å². The van der Waals surface area contributed by atoms with Gasteiger partial charge < -0.3 is 14.6 Å². The second-order valence-electron chi connectivity index (χ2n) is 8.95. The number of carbonyl (C=O) groups excluding carboxylic acids is 2. The standard InChI is InChI=1S/C31H28N2O5S/c1-4-17-38-23-12-8-20(9-13-23)27-26(28(34)21-10-14-22(15-11-21)37-6-3)29(35)30(36)33(27)31-32-24-16-7-19(5-2)18-25(24)39-31/h4,7-16,18,27,34H,1,5-6,17H2,2-3H3. The second-order valence-corrected chi connectivity index (χ2v) is 9.96. The van der Waals surface area contributed by atoms with Crippen LogP contribution in [0.3, 0.4) is 0 Å². The minimum absolute atomic E-state index is 0.00239. The third-order valence-corrected chi connectivity index (χ3v) is 7.52. The Labute approximate surface area is 230 Å². The summed E-state index contributed by atoms with van der Waals surface area (Å²) in [7, 11) is 0. The van der Waals surface area contributed by atoms with Gasteiger partial charge in [-0.3, -0.25) is 14.5 Å². The van der Waals surface area contributed by atoms with Crippen molar-refractivity contribution in [1.29, 1.82) is 0 Å². The molecule has 1 aliphatic heterocycles. The maximum absolute atomic E-state index is 13.5. The number of Topliss-reactive ketones (excluding diaryl/α,β-unsaturated/α-hetero) is 1. The fourth-order valence-electron chi connectivity index (χ4n) is 4.56. The van der Waals surface area contributed by atoms with Crippen molar-refractivity contribution in [2.45, 2.75) is 26.3 Å². The number of ether oxygens (including phenoxy) is 2. The van der Waals surface area contributed by atoms with Crippen molar-refractivity contribution < 1.29 is 24.2 Å². The lowest BCUT2D eigenvalue weighted by Gasteiger charge is -2.23. The molecule has 0 radical (unpaired) electrons. The van der Waals surface area contributed by atoms with Crippen LogP contribution in [0.5, 0.6) is 11.5 Å². The molecule has 39 heavy (non-hydrogen) atoms. The van der Waals surface area contributed by atoms with Crippen LogP contribution in [0.4, 0.5) is 5.13 Å². The summed E-state index contributed by atoms with van der Waals surface area (Å²) in [6, 6.07) is 19.0. The summed E-state index contributed by atoms with van der Waals surface area (Å²) in [6.45, 7) is 8.48. The Morgan fingerprint density at radius 1 is 1.03 bits per heavy atom. The molecule has 7 nitrogen and oxygen atoms in total. The average molecular weight is 541 g/mol. The number of hydrogen-bond acceptors (Lipinski definition) is 7. The lowest BCUT2D eigenvalue weighted by molar-refractivity contribution is -0.132. The van der Waals surface area contributed by atoms with Gasteiger partial charge in [0.1, 0.15) is 23.9 Å². The summed E-state index contributed by atoms with van der Waals surface area (Å²) in [5, 5.41) is 11.8. The van der Waals surface area contributed by atoms with Crippen LogP contribution in [-0.4, -0.2) is 35.0 Å². The Morgan fingerprint density at radius 3 is 2.38 bits per heavy atom. The van der Waals surface area contributed by atoms with Crippen LogP contribution in [0.1, 0.15) is 36.6 Å². The van der Waals surface area contributed by atoms with E-state index in [9.17, 15) is 14.7 Å². The number of aliphatic hydroxyl groups is 1. The predicted molar refractivity (Wildman–Crippen MR) is 154 cm³/mol. The first-order chi connectivity index (χ1) is 18.9. The van der Waals surface area contributed by atoms with Gasteiger partial charge in [-0.15, -0.1) is 0 Å². The summed E-state index contributed by atoms with van der Waals surface area (Å²) in [4.78, 5) is 33.1. The molecule has 0 saturated carbocycles. The second kappa shape index (κ2) is 11.1. The highest BCUT2D eigenvalue weighted by atomic mass is 32.1. The van der Waals surface area contributed by atoms with Crippen molar-refractivity contribution in [2.24, 2.45) is 0 Å². The van der Waals surface area contributed by atoms with Gasteiger partial charge in [-0.05, 0) is 73.0 Å². The number of amides is 1. The van der Waals surface area contributed by atoms with E-state index in [4.69, 9.17) is 14.5 Å². The fourth-order valence-corrected chi connectivity index (χ4v) is 5.61. The molecule has 4 aromatic rings. The molecule has 1 amide bonds. The largest absolute Gasteiger partial charge is 0.507 e. The van der Waals surface area contributed by atoms with E-state index in [0.717, 1.165) is 22.2 Å². The number of benzene rings is 3. The molecule has 198 valence electrons. The van der Waals surface area contributed by atoms with Crippen LogP contribution >= 0.6 is 11.3 Å². The Kier molecular flexibility index (Phi) is 7.47. The number of ketones is 1. The van der Waals surface area contributed by atoms with Gasteiger partial charge in [0.15, 0.2) is 5.13 Å². The zero-order valence-electron chi connectivity index (χ0n) is 21.7. The summed E-state index contributed by atoms with van der Waals surface area (Å²) in [5.74, 6) is -0.511. The lowest BCUT2D eigenvalue weighted by atomic mass is 9.95. The average Bonchev–Trinajstić information content (AvgIpc) is 3.49. The molecule has 1 atom stereocenters. The highest BCUT2D eigenvalue weighted by Crippen LogP contribution is 2.44. The number of hydrogen-bond donors (Lipinski definition) is 1. The van der Waals surface area contributed by atoms with Crippen LogP contribution in [0, 0.1) is 0 Å². The third kappa shape index (κ3) is 5.03. The molecule has 3 aromatic carbocycles. The highest BCUT2D eigenvalue weighted by Gasteiger charge is 2.48. The van der Waals surface area contributed by atoms with Gasteiger partial charge in [0.05, 0.1) is 28.4 Å². The van der Waals surface area contributed by atoms with E-state index in [2.05, 4.69) is 13.5 Å². The number of thiazole rings is 1. The minimum Gasteiger partial charge on any atom is -0.507 e. The van der Waals surface area contributed by atoms with Gasteiger partial charge >= 0.3 is 5.91 Å². The van der Waals surface area contributed by atoms with Gasteiger partial charge in [0.2, 0.25) is 0 Å². The Morgan fingerprint density at radius 2 is 1.72 bits per heavy atom. The predicted octanol–water partition coefficient (Wildman–Crippen LogP) is 6.45. The topological polar surface area (TPSA) is 89.0 Å². The van der Waals surface area contributed by atoms with E-state index in [1.54, 1.807) is 54.6 Å². The van der Waals surface area contributed by atoms with Crippen LogP contribution in [-0.2, 0) is 16.0 Å². The smallest absolute Gasteiger partial charge is 0.301 e. The Hall–Kier alpha value is -4.43. The van der Waals surface area contributed by atoms with Crippen LogP contribution in [0.2, 0.25) is 0 Å². The summed E-state index contributed by atoms with van der Waals surface area (Å²) < 4.78 is 12.0. The van der Waals surface area contributed by atoms with Gasteiger partial charge in [0, 0.05) is 5.56 Å². The maximum Gasteiger partial charge on any atom is 0.301 e. The molecule has 1 aliphatic rings. The first-order valence-corrected chi connectivity index (χ1v) is 13.5. The normalized spacial score (nSPS) is 16.6. The number of rotatable bonds is 9. The van der Waals surface area contributed by atoms with Crippen molar-refractivity contribution >= 4 is 44.1 Å². The first-order valence-electron chi connectivity index (χ1n) is 12.7. The zero-order chi connectivity index (χ0) is 27.5.